The number of esters is 2. The number of para-hydroxylation sites is 1. The average Bonchev–Trinajstić information content (AvgIpc) is 2.55. The third-order valence-corrected chi connectivity index (χ3v) is 3.01. The molecule has 0 atom stereocenters. The van der Waals surface area contributed by atoms with Gasteiger partial charge in [-0.2, -0.15) is 0 Å². The van der Waals surface area contributed by atoms with Gasteiger partial charge in [-0.05, 0) is 24.3 Å². The van der Waals surface area contributed by atoms with Crippen molar-refractivity contribution in [2.24, 2.45) is 0 Å². The van der Waals surface area contributed by atoms with Crippen LogP contribution in [0.5, 0.6) is 5.75 Å². The van der Waals surface area contributed by atoms with Crippen molar-refractivity contribution in [1.82, 2.24) is 0 Å². The van der Waals surface area contributed by atoms with Crippen LogP contribution in [0.15, 0.2) is 53.4 Å². The zero-order chi connectivity index (χ0) is 16.5. The van der Waals surface area contributed by atoms with Crippen molar-refractivity contribution in [3.63, 3.8) is 0 Å². The first-order chi connectivity index (χ1) is 10.5. The lowest BCUT2D eigenvalue weighted by molar-refractivity contribution is 0.0588. The highest BCUT2D eigenvalue weighted by molar-refractivity contribution is 7.80. The highest BCUT2D eigenvalue weighted by Crippen LogP contribution is 2.15. The van der Waals surface area contributed by atoms with Crippen molar-refractivity contribution < 1.29 is 24.2 Å². The van der Waals surface area contributed by atoms with E-state index in [0.717, 1.165) is 0 Å². The van der Waals surface area contributed by atoms with E-state index in [1.54, 1.807) is 30.3 Å². The molecule has 6 heteroatoms. The molecule has 2 aromatic rings. The summed E-state index contributed by atoms with van der Waals surface area (Å²) in [4.78, 5) is 22.5. The molecule has 2 rings (SSSR count). The van der Waals surface area contributed by atoms with E-state index in [1.807, 2.05) is 6.07 Å². The van der Waals surface area contributed by atoms with Crippen molar-refractivity contribution in [3.05, 3.63) is 59.7 Å². The first kappa shape index (κ1) is 17.6. The van der Waals surface area contributed by atoms with E-state index < -0.39 is 5.97 Å². The molecule has 116 valence electrons. The summed E-state index contributed by atoms with van der Waals surface area (Å²) in [5.74, 6) is -0.932. The van der Waals surface area contributed by atoms with Crippen LogP contribution in [0.4, 0.5) is 0 Å². The standard InChI is InChI=1S/C8H8O3.C8H8O2S/c1-11-8(10)6-4-2-3-5-7(6)9;1-10-8(9)6-4-2-3-5-7(6)11/h2-5,9H,1H3;2-5,11H,1H3. The Balaban J connectivity index is 0.000000220. The Labute approximate surface area is 133 Å². The lowest BCUT2D eigenvalue weighted by Gasteiger charge is -2.00. The molecule has 5 nitrogen and oxygen atoms in total. The second kappa shape index (κ2) is 8.74. The summed E-state index contributed by atoms with van der Waals surface area (Å²) in [6.45, 7) is 0. The largest absolute Gasteiger partial charge is 0.507 e. The molecule has 1 N–H and O–H groups in total. The lowest BCUT2D eigenvalue weighted by atomic mass is 10.2. The molecule has 0 spiro atoms. The van der Waals surface area contributed by atoms with Gasteiger partial charge in [0.2, 0.25) is 0 Å². The molecule has 0 amide bonds. The molecule has 0 aliphatic carbocycles. The average molecular weight is 320 g/mol. The second-order valence-corrected chi connectivity index (χ2v) is 4.50. The minimum absolute atomic E-state index is 0.0562. The fourth-order valence-corrected chi connectivity index (χ4v) is 1.76. The molecule has 0 aliphatic heterocycles. The number of hydrogen-bond donors (Lipinski definition) is 2. The first-order valence-corrected chi connectivity index (χ1v) is 6.68. The maximum atomic E-state index is 11.0. The number of rotatable bonds is 2. The lowest BCUT2D eigenvalue weighted by Crippen LogP contribution is -2.01. The van der Waals surface area contributed by atoms with Gasteiger partial charge in [0.05, 0.1) is 19.8 Å². The fourth-order valence-electron chi connectivity index (χ4n) is 1.51. The zero-order valence-electron chi connectivity index (χ0n) is 12.1. The molecular formula is C16H16O5S. The smallest absolute Gasteiger partial charge is 0.341 e. The fraction of sp³-hybridized carbons (Fsp3) is 0.125. The van der Waals surface area contributed by atoms with Gasteiger partial charge in [-0.25, -0.2) is 9.59 Å². The van der Waals surface area contributed by atoms with Gasteiger partial charge in [0.25, 0.3) is 0 Å². The number of ether oxygens (including phenoxy) is 2. The highest BCUT2D eigenvalue weighted by Gasteiger charge is 2.08. The Bertz CT molecular complexity index is 597. The van der Waals surface area contributed by atoms with Crippen LogP contribution >= 0.6 is 12.6 Å². The maximum Gasteiger partial charge on any atom is 0.341 e. The number of phenolic OH excluding ortho intramolecular Hbond substituents is 1. The summed E-state index contributed by atoms with van der Waals surface area (Å²) in [7, 11) is 2.62. The van der Waals surface area contributed by atoms with Crippen molar-refractivity contribution in [1.29, 1.82) is 0 Å². The second-order valence-electron chi connectivity index (χ2n) is 4.02. The monoisotopic (exact) mass is 320 g/mol. The topological polar surface area (TPSA) is 72.8 Å². The van der Waals surface area contributed by atoms with Crippen molar-refractivity contribution in [2.45, 2.75) is 4.90 Å². The number of aromatic hydroxyl groups is 1. The van der Waals surface area contributed by atoms with E-state index in [9.17, 15) is 9.59 Å². The normalized spacial score (nSPS) is 9.23. The molecule has 2 aromatic carbocycles. The van der Waals surface area contributed by atoms with E-state index in [2.05, 4.69) is 22.1 Å². The van der Waals surface area contributed by atoms with Crippen LogP contribution in [0.1, 0.15) is 20.7 Å². The number of thiol groups is 1. The molecular weight excluding hydrogens is 304 g/mol. The van der Waals surface area contributed by atoms with Gasteiger partial charge >= 0.3 is 11.9 Å². The SMILES string of the molecule is COC(=O)c1ccccc1O.COC(=O)c1ccccc1S. The molecule has 0 unspecified atom stereocenters. The predicted octanol–water partition coefficient (Wildman–Crippen LogP) is 2.94. The third-order valence-electron chi connectivity index (χ3n) is 2.62. The summed E-state index contributed by atoms with van der Waals surface area (Å²) in [5, 5.41) is 9.11. The van der Waals surface area contributed by atoms with E-state index in [0.29, 0.717) is 10.5 Å². The third kappa shape index (κ3) is 4.82. The number of phenols is 1. The van der Waals surface area contributed by atoms with Gasteiger partial charge in [0.1, 0.15) is 11.3 Å². The minimum atomic E-state index is -0.525. The van der Waals surface area contributed by atoms with Crippen LogP contribution in [0.25, 0.3) is 0 Å². The predicted molar refractivity (Wildman–Crippen MR) is 84.5 cm³/mol. The van der Waals surface area contributed by atoms with Crippen LogP contribution in [0.3, 0.4) is 0 Å². The van der Waals surface area contributed by atoms with Crippen LogP contribution in [-0.2, 0) is 9.47 Å². The van der Waals surface area contributed by atoms with Gasteiger partial charge in [-0.1, -0.05) is 24.3 Å². The van der Waals surface area contributed by atoms with Gasteiger partial charge in [0, 0.05) is 4.90 Å². The number of benzene rings is 2. The summed E-state index contributed by atoms with van der Waals surface area (Å²) >= 11 is 4.09. The molecule has 0 bridgehead atoms. The summed E-state index contributed by atoms with van der Waals surface area (Å²) < 4.78 is 8.95. The molecule has 0 saturated carbocycles. The quantitative estimate of drug-likeness (QED) is 0.657. The van der Waals surface area contributed by atoms with Crippen LogP contribution < -0.4 is 0 Å². The molecule has 0 aromatic heterocycles. The Hall–Kier alpha value is -2.47. The van der Waals surface area contributed by atoms with E-state index in [4.69, 9.17) is 5.11 Å². The summed E-state index contributed by atoms with van der Waals surface area (Å²) in [6, 6.07) is 13.2. The maximum absolute atomic E-state index is 11.0. The van der Waals surface area contributed by atoms with Gasteiger partial charge in [-0.15, -0.1) is 12.6 Å². The number of carbonyl (C=O) groups excluding carboxylic acids is 2. The Morgan fingerprint density at radius 1 is 0.864 bits per heavy atom. The summed E-state index contributed by atoms with van der Waals surface area (Å²) in [6.07, 6.45) is 0. The van der Waals surface area contributed by atoms with Crippen LogP contribution in [0, 0.1) is 0 Å². The molecule has 0 fully saturated rings. The van der Waals surface area contributed by atoms with Gasteiger partial charge < -0.3 is 14.6 Å². The molecule has 0 saturated heterocycles. The number of methoxy groups -OCH3 is 2. The highest BCUT2D eigenvalue weighted by atomic mass is 32.1. The van der Waals surface area contributed by atoms with E-state index in [-0.39, 0.29) is 17.3 Å². The van der Waals surface area contributed by atoms with E-state index >= 15 is 0 Å². The summed E-state index contributed by atoms with van der Waals surface area (Å²) in [5.41, 5.74) is 0.688. The molecule has 22 heavy (non-hydrogen) atoms. The molecule has 0 radical (unpaired) electrons. The Morgan fingerprint density at radius 3 is 1.82 bits per heavy atom. The van der Waals surface area contributed by atoms with Gasteiger partial charge in [-0.3, -0.25) is 0 Å². The van der Waals surface area contributed by atoms with Crippen molar-refractivity contribution >= 4 is 24.6 Å². The van der Waals surface area contributed by atoms with E-state index in [1.165, 1.54) is 26.4 Å². The van der Waals surface area contributed by atoms with Crippen molar-refractivity contribution in [3.8, 4) is 5.75 Å². The van der Waals surface area contributed by atoms with Crippen LogP contribution in [-0.4, -0.2) is 31.3 Å². The Kier molecular flexibility index (Phi) is 6.98. The van der Waals surface area contributed by atoms with Gasteiger partial charge in [0.15, 0.2) is 0 Å². The molecule has 0 aliphatic rings. The van der Waals surface area contributed by atoms with Crippen molar-refractivity contribution in [2.75, 3.05) is 14.2 Å². The minimum Gasteiger partial charge on any atom is -0.507 e. The first-order valence-electron chi connectivity index (χ1n) is 6.23. The number of carbonyl (C=O) groups is 2. The number of hydrogen-bond acceptors (Lipinski definition) is 6. The Morgan fingerprint density at radius 2 is 1.32 bits per heavy atom. The van der Waals surface area contributed by atoms with Crippen LogP contribution in [0.2, 0.25) is 0 Å². The zero-order valence-corrected chi connectivity index (χ0v) is 13.0. The molecule has 0 heterocycles.